The van der Waals surface area contributed by atoms with Crippen molar-refractivity contribution in [2.75, 3.05) is 6.54 Å². The zero-order valence-corrected chi connectivity index (χ0v) is 9.25. The van der Waals surface area contributed by atoms with Gasteiger partial charge in [-0.2, -0.15) is 0 Å². The standard InChI is InChI=1S/C11H19NO2/c1-4-10(13)9-6-5-7-12(9)11(14)8(2)3/h8-9H,4-7H2,1-3H3. The van der Waals surface area contributed by atoms with Gasteiger partial charge in [-0.15, -0.1) is 0 Å². The summed E-state index contributed by atoms with van der Waals surface area (Å²) < 4.78 is 0. The minimum atomic E-state index is -0.130. The Hall–Kier alpha value is -0.860. The molecule has 3 nitrogen and oxygen atoms in total. The van der Waals surface area contributed by atoms with Crippen LogP contribution in [-0.4, -0.2) is 29.2 Å². The number of likely N-dealkylation sites (tertiary alicyclic amines) is 1. The summed E-state index contributed by atoms with van der Waals surface area (Å²) in [5.74, 6) is 0.325. The lowest BCUT2D eigenvalue weighted by Crippen LogP contribution is -2.42. The van der Waals surface area contributed by atoms with Crippen LogP contribution in [0.4, 0.5) is 0 Å². The second-order valence-electron chi connectivity index (χ2n) is 4.16. The number of amides is 1. The molecule has 0 aromatic rings. The summed E-state index contributed by atoms with van der Waals surface area (Å²) >= 11 is 0. The van der Waals surface area contributed by atoms with E-state index in [-0.39, 0.29) is 23.7 Å². The lowest BCUT2D eigenvalue weighted by molar-refractivity contribution is -0.140. The molecule has 1 aliphatic heterocycles. The summed E-state index contributed by atoms with van der Waals surface area (Å²) in [6, 6.07) is -0.130. The van der Waals surface area contributed by atoms with Crippen LogP contribution in [0, 0.1) is 5.92 Å². The lowest BCUT2D eigenvalue weighted by atomic mass is 10.1. The number of Topliss-reactive ketones (excluding diaryl/α,β-unsaturated/α-hetero) is 1. The maximum Gasteiger partial charge on any atom is 0.225 e. The maximum absolute atomic E-state index is 11.7. The third-order valence-electron chi connectivity index (χ3n) is 2.75. The van der Waals surface area contributed by atoms with Gasteiger partial charge in [0.15, 0.2) is 5.78 Å². The Bertz CT molecular complexity index is 235. The zero-order valence-electron chi connectivity index (χ0n) is 9.25. The zero-order chi connectivity index (χ0) is 10.7. The first-order valence-electron chi connectivity index (χ1n) is 5.41. The number of rotatable bonds is 3. The van der Waals surface area contributed by atoms with Crippen LogP contribution in [0.25, 0.3) is 0 Å². The summed E-state index contributed by atoms with van der Waals surface area (Å²) in [5, 5.41) is 0. The lowest BCUT2D eigenvalue weighted by Gasteiger charge is -2.25. The molecular formula is C11H19NO2. The summed E-state index contributed by atoms with van der Waals surface area (Å²) in [6.07, 6.45) is 2.35. The van der Waals surface area contributed by atoms with Gasteiger partial charge in [0.05, 0.1) is 6.04 Å². The Morgan fingerprint density at radius 2 is 2.07 bits per heavy atom. The summed E-state index contributed by atoms with van der Waals surface area (Å²) in [7, 11) is 0. The fraction of sp³-hybridized carbons (Fsp3) is 0.818. The van der Waals surface area contributed by atoms with E-state index < -0.39 is 0 Å². The van der Waals surface area contributed by atoms with Gasteiger partial charge in [-0.3, -0.25) is 9.59 Å². The van der Waals surface area contributed by atoms with Gasteiger partial charge in [0.2, 0.25) is 5.91 Å². The first-order chi connectivity index (χ1) is 6.57. The quantitative estimate of drug-likeness (QED) is 0.689. The molecular weight excluding hydrogens is 178 g/mol. The van der Waals surface area contributed by atoms with Crippen molar-refractivity contribution in [3.05, 3.63) is 0 Å². The van der Waals surface area contributed by atoms with Crippen LogP contribution < -0.4 is 0 Å². The van der Waals surface area contributed by atoms with Crippen LogP contribution in [0.2, 0.25) is 0 Å². The van der Waals surface area contributed by atoms with Crippen molar-refractivity contribution in [2.24, 2.45) is 5.92 Å². The van der Waals surface area contributed by atoms with Gasteiger partial charge in [0, 0.05) is 18.9 Å². The Balaban J connectivity index is 2.68. The molecule has 0 radical (unpaired) electrons. The van der Waals surface area contributed by atoms with Crippen LogP contribution >= 0.6 is 0 Å². The number of nitrogens with zero attached hydrogens (tertiary/aromatic N) is 1. The number of hydrogen-bond acceptors (Lipinski definition) is 2. The first-order valence-corrected chi connectivity index (χ1v) is 5.41. The minimum Gasteiger partial charge on any atom is -0.332 e. The van der Waals surface area contributed by atoms with Crippen LogP contribution in [0.15, 0.2) is 0 Å². The molecule has 3 heteroatoms. The van der Waals surface area contributed by atoms with Gasteiger partial charge in [-0.05, 0) is 12.8 Å². The third kappa shape index (κ3) is 2.14. The highest BCUT2D eigenvalue weighted by atomic mass is 16.2. The van der Waals surface area contributed by atoms with Crippen molar-refractivity contribution in [1.29, 1.82) is 0 Å². The van der Waals surface area contributed by atoms with Crippen molar-refractivity contribution < 1.29 is 9.59 Å². The largest absolute Gasteiger partial charge is 0.332 e. The topological polar surface area (TPSA) is 37.4 Å². The smallest absolute Gasteiger partial charge is 0.225 e. The average molecular weight is 197 g/mol. The van der Waals surface area contributed by atoms with Crippen molar-refractivity contribution in [3.8, 4) is 0 Å². The Morgan fingerprint density at radius 3 is 2.57 bits per heavy atom. The molecule has 0 aromatic carbocycles. The van der Waals surface area contributed by atoms with Crippen LogP contribution in [0.3, 0.4) is 0 Å². The monoisotopic (exact) mass is 197 g/mol. The van der Waals surface area contributed by atoms with E-state index in [4.69, 9.17) is 0 Å². The highest BCUT2D eigenvalue weighted by Crippen LogP contribution is 2.21. The number of hydrogen-bond donors (Lipinski definition) is 0. The molecule has 0 aromatic heterocycles. The normalized spacial score (nSPS) is 21.7. The molecule has 1 amide bonds. The molecule has 1 fully saturated rings. The van der Waals surface area contributed by atoms with E-state index in [0.717, 1.165) is 19.4 Å². The van der Waals surface area contributed by atoms with Gasteiger partial charge in [-0.25, -0.2) is 0 Å². The summed E-state index contributed by atoms with van der Waals surface area (Å²) in [4.78, 5) is 25.1. The average Bonchev–Trinajstić information content (AvgIpc) is 2.63. The Morgan fingerprint density at radius 1 is 1.43 bits per heavy atom. The van der Waals surface area contributed by atoms with E-state index in [0.29, 0.717) is 6.42 Å². The maximum atomic E-state index is 11.7. The van der Waals surface area contributed by atoms with Crippen molar-refractivity contribution in [2.45, 2.75) is 46.1 Å². The van der Waals surface area contributed by atoms with Gasteiger partial charge in [0.1, 0.15) is 0 Å². The molecule has 1 aliphatic rings. The van der Waals surface area contributed by atoms with E-state index in [2.05, 4.69) is 0 Å². The van der Waals surface area contributed by atoms with Crippen molar-refractivity contribution in [3.63, 3.8) is 0 Å². The molecule has 1 saturated heterocycles. The predicted octanol–water partition coefficient (Wildman–Crippen LogP) is 1.61. The SMILES string of the molecule is CCC(=O)C1CCCN1C(=O)C(C)C. The Labute approximate surface area is 85.5 Å². The van der Waals surface area contributed by atoms with Crippen molar-refractivity contribution in [1.82, 2.24) is 4.90 Å². The molecule has 0 aliphatic carbocycles. The molecule has 0 saturated carbocycles. The van der Waals surface area contributed by atoms with E-state index in [1.165, 1.54) is 0 Å². The molecule has 1 atom stereocenters. The summed E-state index contributed by atoms with van der Waals surface area (Å²) in [6.45, 7) is 6.38. The molecule has 80 valence electrons. The predicted molar refractivity (Wildman–Crippen MR) is 54.9 cm³/mol. The molecule has 1 rings (SSSR count). The highest BCUT2D eigenvalue weighted by Gasteiger charge is 2.33. The van der Waals surface area contributed by atoms with Gasteiger partial charge >= 0.3 is 0 Å². The third-order valence-corrected chi connectivity index (χ3v) is 2.75. The Kier molecular flexibility index (Phi) is 3.67. The van der Waals surface area contributed by atoms with Crippen molar-refractivity contribution >= 4 is 11.7 Å². The number of ketones is 1. The van der Waals surface area contributed by atoms with Crippen LogP contribution in [0.1, 0.15) is 40.0 Å². The van der Waals surface area contributed by atoms with E-state index in [1.54, 1.807) is 4.90 Å². The fourth-order valence-electron chi connectivity index (χ4n) is 1.93. The van der Waals surface area contributed by atoms with Gasteiger partial charge < -0.3 is 4.90 Å². The number of carbonyl (C=O) groups is 2. The fourth-order valence-corrected chi connectivity index (χ4v) is 1.93. The van der Waals surface area contributed by atoms with Gasteiger partial charge in [-0.1, -0.05) is 20.8 Å². The molecule has 0 spiro atoms. The molecule has 1 unspecified atom stereocenters. The van der Waals surface area contributed by atoms with E-state index in [9.17, 15) is 9.59 Å². The summed E-state index contributed by atoms with van der Waals surface area (Å²) in [5.41, 5.74) is 0. The second-order valence-corrected chi connectivity index (χ2v) is 4.16. The van der Waals surface area contributed by atoms with Crippen LogP contribution in [0.5, 0.6) is 0 Å². The second kappa shape index (κ2) is 4.58. The first kappa shape index (κ1) is 11.2. The van der Waals surface area contributed by atoms with E-state index in [1.807, 2.05) is 20.8 Å². The molecule has 0 N–H and O–H groups in total. The van der Waals surface area contributed by atoms with Gasteiger partial charge in [0.25, 0.3) is 0 Å². The molecule has 14 heavy (non-hydrogen) atoms. The van der Waals surface area contributed by atoms with Crippen LogP contribution in [-0.2, 0) is 9.59 Å². The number of carbonyl (C=O) groups excluding carboxylic acids is 2. The highest BCUT2D eigenvalue weighted by molar-refractivity contribution is 5.89. The molecule has 1 heterocycles. The molecule has 0 bridgehead atoms. The van der Waals surface area contributed by atoms with E-state index >= 15 is 0 Å². The minimum absolute atomic E-state index is 0.000237.